The molecule has 1 aliphatic heterocycles. The second-order valence-electron chi connectivity index (χ2n) is 6.87. The van der Waals surface area contributed by atoms with E-state index < -0.39 is 11.5 Å². The summed E-state index contributed by atoms with van der Waals surface area (Å²) in [5, 5.41) is 12.9. The van der Waals surface area contributed by atoms with Gasteiger partial charge in [-0.05, 0) is 65.8 Å². The van der Waals surface area contributed by atoms with Crippen LogP contribution in [0.4, 0.5) is 0 Å². The Morgan fingerprint density at radius 2 is 2.05 bits per heavy atom. The predicted molar refractivity (Wildman–Crippen MR) is 87.6 cm³/mol. The lowest BCUT2D eigenvalue weighted by Gasteiger charge is -2.34. The normalized spacial score (nSPS) is 26.2. The number of hydrogen-bond donors (Lipinski definition) is 2. The van der Waals surface area contributed by atoms with E-state index >= 15 is 0 Å². The molecule has 4 heteroatoms. The maximum atomic E-state index is 11.7. The van der Waals surface area contributed by atoms with Gasteiger partial charge in [0.1, 0.15) is 5.54 Å². The standard InChI is InChI=1S/C17H34N2O2/c1-6-15-10-9-14(5)19(15)12-8-11-17(7-2,16(20)21)18-13(3)4/h13-15,18H,6-12H2,1-5H3,(H,20,21). The van der Waals surface area contributed by atoms with Gasteiger partial charge in [-0.15, -0.1) is 0 Å². The molecule has 0 saturated carbocycles. The molecule has 1 aliphatic rings. The Morgan fingerprint density at radius 1 is 1.38 bits per heavy atom. The van der Waals surface area contributed by atoms with Crippen molar-refractivity contribution in [2.75, 3.05) is 6.54 Å². The summed E-state index contributed by atoms with van der Waals surface area (Å²) < 4.78 is 0. The van der Waals surface area contributed by atoms with E-state index in [9.17, 15) is 9.90 Å². The van der Waals surface area contributed by atoms with Crippen LogP contribution in [0.3, 0.4) is 0 Å². The Bertz CT molecular complexity index is 333. The summed E-state index contributed by atoms with van der Waals surface area (Å²) >= 11 is 0. The van der Waals surface area contributed by atoms with E-state index in [1.165, 1.54) is 19.3 Å². The number of nitrogens with one attached hydrogen (secondary N) is 1. The molecule has 0 aromatic carbocycles. The van der Waals surface area contributed by atoms with Gasteiger partial charge in [0.2, 0.25) is 0 Å². The first kappa shape index (κ1) is 18.4. The minimum atomic E-state index is -0.765. The van der Waals surface area contributed by atoms with Crippen LogP contribution in [0.2, 0.25) is 0 Å². The zero-order chi connectivity index (χ0) is 16.0. The lowest BCUT2D eigenvalue weighted by atomic mass is 9.89. The molecule has 0 aliphatic carbocycles. The Kier molecular flexibility index (Phi) is 7.14. The summed E-state index contributed by atoms with van der Waals surface area (Å²) in [4.78, 5) is 14.3. The topological polar surface area (TPSA) is 52.6 Å². The van der Waals surface area contributed by atoms with E-state index in [2.05, 4.69) is 24.1 Å². The molecule has 1 rings (SSSR count). The van der Waals surface area contributed by atoms with E-state index in [1.807, 2.05) is 20.8 Å². The molecule has 3 unspecified atom stereocenters. The van der Waals surface area contributed by atoms with Gasteiger partial charge >= 0.3 is 5.97 Å². The van der Waals surface area contributed by atoms with Gasteiger partial charge < -0.3 is 5.11 Å². The molecule has 0 spiro atoms. The number of carboxylic acids is 1. The summed E-state index contributed by atoms with van der Waals surface area (Å²) in [6, 6.07) is 1.53. The quantitative estimate of drug-likeness (QED) is 0.686. The number of nitrogens with zero attached hydrogens (tertiary/aromatic N) is 1. The Labute approximate surface area is 130 Å². The molecular weight excluding hydrogens is 264 g/mol. The van der Waals surface area contributed by atoms with Crippen molar-refractivity contribution in [3.8, 4) is 0 Å². The van der Waals surface area contributed by atoms with Crippen LogP contribution in [-0.2, 0) is 4.79 Å². The summed E-state index contributed by atoms with van der Waals surface area (Å²) in [5.41, 5.74) is -0.765. The Morgan fingerprint density at radius 3 is 2.52 bits per heavy atom. The zero-order valence-corrected chi connectivity index (χ0v) is 14.5. The zero-order valence-electron chi connectivity index (χ0n) is 14.5. The van der Waals surface area contributed by atoms with E-state index in [1.54, 1.807) is 0 Å². The number of carbonyl (C=O) groups is 1. The largest absolute Gasteiger partial charge is 0.480 e. The number of hydrogen-bond acceptors (Lipinski definition) is 3. The van der Waals surface area contributed by atoms with Crippen molar-refractivity contribution in [2.24, 2.45) is 0 Å². The average Bonchev–Trinajstić information content (AvgIpc) is 2.77. The molecule has 4 nitrogen and oxygen atoms in total. The van der Waals surface area contributed by atoms with Crippen LogP contribution in [0, 0.1) is 0 Å². The van der Waals surface area contributed by atoms with Gasteiger partial charge in [0.15, 0.2) is 0 Å². The number of rotatable bonds is 9. The van der Waals surface area contributed by atoms with Crippen molar-refractivity contribution in [2.45, 2.75) is 96.8 Å². The summed E-state index contributed by atoms with van der Waals surface area (Å²) in [7, 11) is 0. The van der Waals surface area contributed by atoms with Gasteiger partial charge in [0, 0.05) is 18.1 Å². The highest BCUT2D eigenvalue weighted by atomic mass is 16.4. The highest BCUT2D eigenvalue weighted by molar-refractivity contribution is 5.78. The van der Waals surface area contributed by atoms with Crippen molar-refractivity contribution in [1.29, 1.82) is 0 Å². The third-order valence-electron chi connectivity index (χ3n) is 5.02. The van der Waals surface area contributed by atoms with Crippen LogP contribution in [0.25, 0.3) is 0 Å². The molecule has 0 bridgehead atoms. The summed E-state index contributed by atoms with van der Waals surface area (Å²) in [6.07, 6.45) is 6.05. The number of carboxylic acid groups (broad SMARTS) is 1. The molecule has 0 amide bonds. The van der Waals surface area contributed by atoms with E-state index in [4.69, 9.17) is 0 Å². The molecule has 0 radical (unpaired) electrons. The summed E-state index contributed by atoms with van der Waals surface area (Å²) in [5.74, 6) is -0.708. The smallest absolute Gasteiger partial charge is 0.323 e. The summed E-state index contributed by atoms with van der Waals surface area (Å²) in [6.45, 7) is 11.6. The van der Waals surface area contributed by atoms with Crippen molar-refractivity contribution < 1.29 is 9.90 Å². The predicted octanol–water partition coefficient (Wildman–Crippen LogP) is 3.26. The van der Waals surface area contributed by atoms with Crippen LogP contribution in [0.15, 0.2) is 0 Å². The molecule has 1 heterocycles. The second kappa shape index (κ2) is 8.14. The lowest BCUT2D eigenvalue weighted by molar-refractivity contribution is -0.145. The van der Waals surface area contributed by atoms with Crippen LogP contribution < -0.4 is 5.32 Å². The molecule has 21 heavy (non-hydrogen) atoms. The van der Waals surface area contributed by atoms with Gasteiger partial charge in [0.25, 0.3) is 0 Å². The van der Waals surface area contributed by atoms with Crippen LogP contribution in [0.5, 0.6) is 0 Å². The minimum absolute atomic E-state index is 0.190. The third-order valence-corrected chi connectivity index (χ3v) is 5.02. The van der Waals surface area contributed by atoms with Crippen molar-refractivity contribution in [3.05, 3.63) is 0 Å². The van der Waals surface area contributed by atoms with Crippen molar-refractivity contribution in [3.63, 3.8) is 0 Å². The van der Waals surface area contributed by atoms with Crippen LogP contribution in [-0.4, -0.2) is 46.2 Å². The first-order chi connectivity index (χ1) is 9.86. The van der Waals surface area contributed by atoms with Gasteiger partial charge in [0.05, 0.1) is 0 Å². The Hall–Kier alpha value is -0.610. The fourth-order valence-electron chi connectivity index (χ4n) is 3.75. The molecule has 2 N–H and O–H groups in total. The molecule has 124 valence electrons. The highest BCUT2D eigenvalue weighted by Crippen LogP contribution is 2.27. The molecule has 1 fully saturated rings. The van der Waals surface area contributed by atoms with E-state index in [0.717, 1.165) is 13.0 Å². The molecule has 3 atom stereocenters. The fourth-order valence-corrected chi connectivity index (χ4v) is 3.75. The third kappa shape index (κ3) is 4.68. The molecule has 0 aromatic heterocycles. The maximum absolute atomic E-state index is 11.7. The van der Waals surface area contributed by atoms with E-state index in [-0.39, 0.29) is 6.04 Å². The fraction of sp³-hybridized carbons (Fsp3) is 0.941. The van der Waals surface area contributed by atoms with Gasteiger partial charge in [-0.1, -0.05) is 13.8 Å². The maximum Gasteiger partial charge on any atom is 0.323 e. The van der Waals surface area contributed by atoms with Gasteiger partial charge in [-0.2, -0.15) is 0 Å². The first-order valence-electron chi connectivity index (χ1n) is 8.63. The first-order valence-corrected chi connectivity index (χ1v) is 8.63. The second-order valence-corrected chi connectivity index (χ2v) is 6.87. The van der Waals surface area contributed by atoms with Crippen molar-refractivity contribution >= 4 is 5.97 Å². The molecule has 0 aromatic rings. The SMILES string of the molecule is CCC1CCC(C)N1CCCC(CC)(NC(C)C)C(=O)O. The minimum Gasteiger partial charge on any atom is -0.480 e. The van der Waals surface area contributed by atoms with Crippen LogP contribution >= 0.6 is 0 Å². The number of likely N-dealkylation sites (tertiary alicyclic amines) is 1. The van der Waals surface area contributed by atoms with Crippen molar-refractivity contribution in [1.82, 2.24) is 10.2 Å². The van der Waals surface area contributed by atoms with Gasteiger partial charge in [-0.3, -0.25) is 15.0 Å². The van der Waals surface area contributed by atoms with E-state index in [0.29, 0.717) is 24.9 Å². The van der Waals surface area contributed by atoms with Crippen LogP contribution in [0.1, 0.15) is 73.1 Å². The molecule has 1 saturated heterocycles. The number of aliphatic carboxylic acids is 1. The Balaban J connectivity index is 2.59. The lowest BCUT2D eigenvalue weighted by Crippen LogP contribution is -2.54. The van der Waals surface area contributed by atoms with Gasteiger partial charge in [-0.25, -0.2) is 0 Å². The highest BCUT2D eigenvalue weighted by Gasteiger charge is 2.37. The monoisotopic (exact) mass is 298 g/mol. The average molecular weight is 298 g/mol. The molecular formula is C17H34N2O2.